The lowest BCUT2D eigenvalue weighted by atomic mass is 9.85. The molecule has 0 aromatic heterocycles. The minimum atomic E-state index is -3.25. The van der Waals surface area contributed by atoms with E-state index in [1.54, 1.807) is 4.31 Å². The van der Waals surface area contributed by atoms with Crippen molar-refractivity contribution in [2.45, 2.75) is 58.4 Å². The molecule has 2 saturated carbocycles. The summed E-state index contributed by atoms with van der Waals surface area (Å²) >= 11 is 0. The van der Waals surface area contributed by atoms with Gasteiger partial charge in [-0.1, -0.05) is 20.8 Å². The van der Waals surface area contributed by atoms with Gasteiger partial charge >= 0.3 is 0 Å². The van der Waals surface area contributed by atoms with Crippen LogP contribution in [0.4, 0.5) is 0 Å². The average molecular weight is 382 g/mol. The molecule has 3 atom stereocenters. The van der Waals surface area contributed by atoms with Gasteiger partial charge in [0.1, 0.15) is 11.4 Å². The lowest BCUT2D eigenvalue weighted by Gasteiger charge is -2.28. The fourth-order valence-corrected chi connectivity index (χ4v) is 6.98. The zero-order valence-electron chi connectivity index (χ0n) is 16.1. The summed E-state index contributed by atoms with van der Waals surface area (Å²) in [6.07, 6.45) is 4.88. The molecular weight excluding hydrogens is 350 g/mol. The van der Waals surface area contributed by atoms with Crippen LogP contribution in [0.3, 0.4) is 0 Å². The molecule has 1 saturated heterocycles. The third-order valence-electron chi connectivity index (χ3n) is 6.56. The summed E-state index contributed by atoms with van der Waals surface area (Å²) in [6.45, 7) is 7.76. The summed E-state index contributed by atoms with van der Waals surface area (Å²) in [4.78, 5) is 20.3. The molecule has 146 valence electrons. The molecule has 4 aliphatic rings. The van der Waals surface area contributed by atoms with Gasteiger partial charge in [0.15, 0.2) is 0 Å². The molecule has 1 amide bonds. The number of amides is 1. The smallest absolute Gasteiger partial charge is 0.256 e. The summed E-state index contributed by atoms with van der Waals surface area (Å²) in [7, 11) is -3.25. The van der Waals surface area contributed by atoms with Gasteiger partial charge in [-0.3, -0.25) is 14.7 Å². The highest BCUT2D eigenvalue weighted by molar-refractivity contribution is 7.89. The Labute approximate surface area is 157 Å². The van der Waals surface area contributed by atoms with Gasteiger partial charge in [-0.2, -0.15) is 0 Å². The lowest BCUT2D eigenvalue weighted by Crippen LogP contribution is -2.47. The fourth-order valence-electron chi connectivity index (χ4n) is 5.12. The van der Waals surface area contributed by atoms with Crippen molar-refractivity contribution in [2.24, 2.45) is 28.7 Å². The minimum Gasteiger partial charge on any atom is -0.298 e. The summed E-state index contributed by atoms with van der Waals surface area (Å²) in [6, 6.07) is 0. The number of carbonyl (C=O) groups is 1. The molecule has 0 radical (unpaired) electrons. The van der Waals surface area contributed by atoms with Crippen molar-refractivity contribution in [3.05, 3.63) is 0 Å². The van der Waals surface area contributed by atoms with Crippen LogP contribution in [-0.4, -0.2) is 60.3 Å². The topological polar surface area (TPSA) is 70.0 Å². The van der Waals surface area contributed by atoms with Gasteiger partial charge < -0.3 is 0 Å². The zero-order chi connectivity index (χ0) is 18.7. The van der Waals surface area contributed by atoms with Crippen LogP contribution in [0.5, 0.6) is 0 Å². The molecule has 26 heavy (non-hydrogen) atoms. The Morgan fingerprint density at radius 3 is 2.58 bits per heavy atom. The normalized spacial score (nSPS) is 35.0. The molecule has 0 aromatic carbocycles. The number of hydrogen-bond donors (Lipinski definition) is 0. The van der Waals surface area contributed by atoms with Crippen LogP contribution in [0.1, 0.15) is 52.9 Å². The van der Waals surface area contributed by atoms with Crippen molar-refractivity contribution in [3.8, 4) is 0 Å². The van der Waals surface area contributed by atoms with Crippen LogP contribution in [0, 0.1) is 23.7 Å². The maximum absolute atomic E-state index is 13.4. The van der Waals surface area contributed by atoms with E-state index in [2.05, 4.69) is 6.92 Å². The number of sulfonamides is 1. The molecular formula is C19H31N3O3S. The predicted molar refractivity (Wildman–Crippen MR) is 101 cm³/mol. The molecule has 1 spiro atoms. The number of aliphatic imine (C=N–C) groups is 1. The maximum atomic E-state index is 13.4. The summed E-state index contributed by atoms with van der Waals surface area (Å²) in [5.41, 5.74) is -0.687. The van der Waals surface area contributed by atoms with Crippen LogP contribution in [-0.2, 0) is 14.8 Å². The van der Waals surface area contributed by atoms with E-state index in [4.69, 9.17) is 4.99 Å². The van der Waals surface area contributed by atoms with Crippen LogP contribution in [0.25, 0.3) is 0 Å². The third-order valence-corrected chi connectivity index (χ3v) is 8.74. The van der Waals surface area contributed by atoms with E-state index in [-0.39, 0.29) is 29.4 Å². The van der Waals surface area contributed by atoms with Gasteiger partial charge in [0.05, 0.1) is 5.75 Å². The first kappa shape index (κ1) is 18.4. The highest BCUT2D eigenvalue weighted by Crippen LogP contribution is 2.51. The Balaban J connectivity index is 1.57. The Morgan fingerprint density at radius 2 is 1.96 bits per heavy atom. The second-order valence-electron chi connectivity index (χ2n) is 9.06. The quantitative estimate of drug-likeness (QED) is 0.707. The number of nitrogens with zero attached hydrogens (tertiary/aromatic N) is 3. The van der Waals surface area contributed by atoms with Crippen molar-refractivity contribution in [3.63, 3.8) is 0 Å². The van der Waals surface area contributed by atoms with E-state index in [1.165, 1.54) is 12.8 Å². The molecule has 4 rings (SSSR count). The van der Waals surface area contributed by atoms with Crippen molar-refractivity contribution >= 4 is 21.8 Å². The molecule has 2 aliphatic heterocycles. The monoisotopic (exact) mass is 381 g/mol. The lowest BCUT2D eigenvalue weighted by molar-refractivity contribution is -0.132. The number of fused-ring (bicyclic) bond motifs is 2. The maximum Gasteiger partial charge on any atom is 0.256 e. The number of carbonyl (C=O) groups excluding carboxylic acids is 1. The van der Waals surface area contributed by atoms with Gasteiger partial charge in [0.25, 0.3) is 5.91 Å². The van der Waals surface area contributed by atoms with E-state index in [0.29, 0.717) is 19.0 Å². The summed E-state index contributed by atoms with van der Waals surface area (Å²) in [5, 5.41) is 0. The first-order valence-corrected chi connectivity index (χ1v) is 11.8. The zero-order valence-corrected chi connectivity index (χ0v) is 17.0. The molecule has 6 nitrogen and oxygen atoms in total. The molecule has 2 heterocycles. The second-order valence-corrected chi connectivity index (χ2v) is 11.1. The van der Waals surface area contributed by atoms with Gasteiger partial charge in [-0.25, -0.2) is 12.7 Å². The van der Waals surface area contributed by atoms with E-state index in [9.17, 15) is 13.2 Å². The van der Waals surface area contributed by atoms with Crippen molar-refractivity contribution in [1.29, 1.82) is 0 Å². The van der Waals surface area contributed by atoms with Crippen LogP contribution in [0.2, 0.25) is 0 Å². The Bertz CT molecular complexity index is 728. The van der Waals surface area contributed by atoms with E-state index < -0.39 is 15.6 Å². The predicted octanol–water partition coefficient (Wildman–Crippen LogP) is 2.11. The van der Waals surface area contributed by atoms with Gasteiger partial charge in [-0.15, -0.1) is 0 Å². The third kappa shape index (κ3) is 2.91. The molecule has 2 aliphatic carbocycles. The summed E-state index contributed by atoms with van der Waals surface area (Å²) < 4.78 is 27.0. The largest absolute Gasteiger partial charge is 0.298 e. The Kier molecular flexibility index (Phi) is 4.46. The summed E-state index contributed by atoms with van der Waals surface area (Å²) in [5.74, 6) is 2.31. The van der Waals surface area contributed by atoms with Crippen LogP contribution >= 0.6 is 0 Å². The molecule has 0 bridgehead atoms. The SMILES string of the molecule is CCC1=N[C@]2(CC[C@H]3CN(S(=O)(=O)CC(C)C)C[C@H]32)C(=O)N1CC1CC1. The van der Waals surface area contributed by atoms with Crippen molar-refractivity contribution in [1.82, 2.24) is 9.21 Å². The van der Waals surface area contributed by atoms with E-state index in [1.807, 2.05) is 18.7 Å². The highest BCUT2D eigenvalue weighted by atomic mass is 32.2. The standard InChI is InChI=1S/C19H31N3O3S/c1-4-17-20-19(18(23)22(17)9-14-5-6-14)8-7-15-10-21(11-16(15)19)26(24,25)12-13(2)3/h13-16H,4-12H2,1-3H3/t15-,16+,19-/m0/s1. The highest BCUT2D eigenvalue weighted by Gasteiger charge is 2.62. The molecule has 7 heteroatoms. The first-order valence-electron chi connectivity index (χ1n) is 10.2. The van der Waals surface area contributed by atoms with E-state index >= 15 is 0 Å². The number of hydrogen-bond acceptors (Lipinski definition) is 4. The average Bonchev–Trinajstić information content (AvgIpc) is 3.06. The fraction of sp³-hybridized carbons (Fsp3) is 0.895. The van der Waals surface area contributed by atoms with Crippen molar-refractivity contribution in [2.75, 3.05) is 25.4 Å². The number of rotatable bonds is 6. The molecule has 0 aromatic rings. The van der Waals surface area contributed by atoms with Gasteiger partial charge in [0.2, 0.25) is 10.0 Å². The van der Waals surface area contributed by atoms with Gasteiger partial charge in [0, 0.05) is 32.0 Å². The van der Waals surface area contributed by atoms with Crippen LogP contribution in [0.15, 0.2) is 4.99 Å². The van der Waals surface area contributed by atoms with Crippen molar-refractivity contribution < 1.29 is 13.2 Å². The first-order chi connectivity index (χ1) is 12.3. The number of amidine groups is 1. The molecule has 0 N–H and O–H groups in total. The molecule has 3 fully saturated rings. The second kappa shape index (κ2) is 6.30. The Morgan fingerprint density at radius 1 is 1.23 bits per heavy atom. The van der Waals surface area contributed by atoms with Crippen LogP contribution < -0.4 is 0 Å². The van der Waals surface area contributed by atoms with Gasteiger partial charge in [-0.05, 0) is 43.4 Å². The molecule has 0 unspecified atom stereocenters. The Hall–Kier alpha value is -0.950. The minimum absolute atomic E-state index is 0.0442. The van der Waals surface area contributed by atoms with E-state index in [0.717, 1.165) is 31.6 Å².